The van der Waals surface area contributed by atoms with E-state index >= 15 is 0 Å². The van der Waals surface area contributed by atoms with Gasteiger partial charge in [0, 0.05) is 17.3 Å². The van der Waals surface area contributed by atoms with Gasteiger partial charge in [-0.1, -0.05) is 18.2 Å². The molecule has 7 heteroatoms. The molecule has 1 aliphatic rings. The fourth-order valence-electron chi connectivity index (χ4n) is 2.60. The molecule has 26 heavy (non-hydrogen) atoms. The number of methoxy groups -OCH3 is 2. The Balaban J connectivity index is 1.74. The molecule has 1 aliphatic heterocycles. The van der Waals surface area contributed by atoms with E-state index in [2.05, 4.69) is 5.10 Å². The first kappa shape index (κ1) is 17.5. The predicted octanol–water partition coefficient (Wildman–Crippen LogP) is 1.91. The van der Waals surface area contributed by atoms with Gasteiger partial charge in [0.2, 0.25) is 5.91 Å². The number of hydrazone groups is 1. The van der Waals surface area contributed by atoms with Gasteiger partial charge in [0.25, 0.3) is 5.91 Å². The molecule has 134 valence electrons. The summed E-state index contributed by atoms with van der Waals surface area (Å²) in [6, 6.07) is 14.4. The minimum absolute atomic E-state index is 0.0401. The van der Waals surface area contributed by atoms with E-state index in [-0.39, 0.29) is 24.9 Å². The topological polar surface area (TPSA) is 71.4 Å². The smallest absolute Gasteiger partial charge is 0.263 e. The highest BCUT2D eigenvalue weighted by molar-refractivity contribution is 6.04. The first-order chi connectivity index (χ1) is 12.6. The van der Waals surface area contributed by atoms with Crippen LogP contribution in [0.15, 0.2) is 53.6 Å². The van der Waals surface area contributed by atoms with Gasteiger partial charge in [-0.2, -0.15) is 5.10 Å². The van der Waals surface area contributed by atoms with Crippen LogP contribution in [0, 0.1) is 0 Å². The van der Waals surface area contributed by atoms with Crippen molar-refractivity contribution in [3.05, 3.63) is 54.1 Å². The van der Waals surface area contributed by atoms with Crippen LogP contribution in [-0.4, -0.2) is 50.3 Å². The van der Waals surface area contributed by atoms with Crippen molar-refractivity contribution in [3.8, 4) is 11.5 Å². The third-order valence-corrected chi connectivity index (χ3v) is 3.96. The molecular formula is C19H19N3O4. The largest absolute Gasteiger partial charge is 0.497 e. The number of piperazine rings is 1. The summed E-state index contributed by atoms with van der Waals surface area (Å²) < 4.78 is 10.4. The lowest BCUT2D eigenvalue weighted by Gasteiger charge is -2.31. The second kappa shape index (κ2) is 7.69. The van der Waals surface area contributed by atoms with Gasteiger partial charge in [-0.3, -0.25) is 9.59 Å². The van der Waals surface area contributed by atoms with Crippen LogP contribution in [0.5, 0.6) is 11.5 Å². The highest BCUT2D eigenvalue weighted by Crippen LogP contribution is 2.22. The zero-order valence-corrected chi connectivity index (χ0v) is 14.6. The molecule has 1 heterocycles. The van der Waals surface area contributed by atoms with Crippen LogP contribution in [-0.2, 0) is 9.59 Å². The molecule has 0 N–H and O–H groups in total. The Labute approximate surface area is 151 Å². The van der Waals surface area contributed by atoms with Gasteiger partial charge in [-0.05, 0) is 24.3 Å². The van der Waals surface area contributed by atoms with Crippen molar-refractivity contribution in [2.24, 2.45) is 5.10 Å². The third-order valence-electron chi connectivity index (χ3n) is 3.96. The second-order valence-corrected chi connectivity index (χ2v) is 5.66. The number of benzene rings is 2. The first-order valence-electron chi connectivity index (χ1n) is 8.03. The van der Waals surface area contributed by atoms with Gasteiger partial charge in [-0.15, -0.1) is 0 Å². The summed E-state index contributed by atoms with van der Waals surface area (Å²) in [5.41, 5.74) is 1.40. The summed E-state index contributed by atoms with van der Waals surface area (Å²) in [6.45, 7) is -0.146. The number of carbonyl (C=O) groups is 2. The van der Waals surface area contributed by atoms with Crippen LogP contribution >= 0.6 is 0 Å². The van der Waals surface area contributed by atoms with E-state index in [0.29, 0.717) is 22.7 Å². The van der Waals surface area contributed by atoms with E-state index in [9.17, 15) is 9.59 Å². The van der Waals surface area contributed by atoms with Crippen molar-refractivity contribution < 1.29 is 19.1 Å². The molecular weight excluding hydrogens is 334 g/mol. The quantitative estimate of drug-likeness (QED) is 0.770. The Kier molecular flexibility index (Phi) is 5.17. The summed E-state index contributed by atoms with van der Waals surface area (Å²) in [5, 5.41) is 5.34. The average Bonchev–Trinajstić information content (AvgIpc) is 2.68. The van der Waals surface area contributed by atoms with Gasteiger partial charge < -0.3 is 14.4 Å². The average molecular weight is 353 g/mol. The molecule has 0 bridgehead atoms. The molecule has 0 aromatic heterocycles. The molecule has 0 atom stereocenters. The van der Waals surface area contributed by atoms with E-state index in [1.54, 1.807) is 44.6 Å². The van der Waals surface area contributed by atoms with Gasteiger partial charge in [-0.25, -0.2) is 5.01 Å². The van der Waals surface area contributed by atoms with Crippen molar-refractivity contribution in [2.45, 2.75) is 0 Å². The Morgan fingerprint density at radius 1 is 0.923 bits per heavy atom. The summed E-state index contributed by atoms with van der Waals surface area (Å²) in [4.78, 5) is 26.2. The molecule has 2 aromatic carbocycles. The van der Waals surface area contributed by atoms with Crippen LogP contribution in [0.3, 0.4) is 0 Å². The zero-order chi connectivity index (χ0) is 18.5. The molecule has 0 radical (unpaired) electrons. The Hall–Kier alpha value is -3.35. The maximum absolute atomic E-state index is 12.4. The Bertz CT molecular complexity index is 814. The second-order valence-electron chi connectivity index (χ2n) is 5.66. The third kappa shape index (κ3) is 3.83. The molecule has 0 unspecified atom stereocenters. The summed E-state index contributed by atoms with van der Waals surface area (Å²) in [6.07, 6.45) is 1.51. The number of amides is 2. The molecule has 2 amide bonds. The number of para-hydroxylation sites is 1. The van der Waals surface area contributed by atoms with Crippen LogP contribution in [0.4, 0.5) is 5.69 Å². The molecule has 0 spiro atoms. The van der Waals surface area contributed by atoms with Gasteiger partial charge in [0.05, 0.1) is 20.4 Å². The molecule has 0 saturated carbocycles. The van der Waals surface area contributed by atoms with Gasteiger partial charge in [0.15, 0.2) is 0 Å². The lowest BCUT2D eigenvalue weighted by atomic mass is 10.2. The number of hydrogen-bond donors (Lipinski definition) is 0. The van der Waals surface area contributed by atoms with Crippen molar-refractivity contribution in [1.82, 2.24) is 5.01 Å². The van der Waals surface area contributed by atoms with E-state index < -0.39 is 0 Å². The first-order valence-corrected chi connectivity index (χ1v) is 8.03. The SMILES string of the molecule is COc1cc(/C=N/N2CC(=O)N(c3ccccc3)CC2=O)cc(OC)c1. The number of carbonyl (C=O) groups excluding carboxylic acids is 2. The molecule has 2 aromatic rings. The number of anilines is 1. The minimum Gasteiger partial charge on any atom is -0.497 e. The van der Waals surface area contributed by atoms with Crippen LogP contribution in [0.1, 0.15) is 5.56 Å². The Morgan fingerprint density at radius 3 is 2.19 bits per heavy atom. The van der Waals surface area contributed by atoms with Crippen LogP contribution in [0.2, 0.25) is 0 Å². The highest BCUT2D eigenvalue weighted by atomic mass is 16.5. The van der Waals surface area contributed by atoms with Crippen LogP contribution in [0.25, 0.3) is 0 Å². The maximum Gasteiger partial charge on any atom is 0.263 e. The number of rotatable bonds is 5. The highest BCUT2D eigenvalue weighted by Gasteiger charge is 2.30. The van der Waals surface area contributed by atoms with E-state index in [1.807, 2.05) is 18.2 Å². The molecule has 3 rings (SSSR count). The predicted molar refractivity (Wildman–Crippen MR) is 97.6 cm³/mol. The summed E-state index contributed by atoms with van der Waals surface area (Å²) in [5.74, 6) is 0.792. The molecule has 1 saturated heterocycles. The van der Waals surface area contributed by atoms with E-state index in [0.717, 1.165) is 0 Å². The summed E-state index contributed by atoms with van der Waals surface area (Å²) >= 11 is 0. The zero-order valence-electron chi connectivity index (χ0n) is 14.6. The minimum atomic E-state index is -0.250. The standard InChI is InChI=1S/C19H19N3O4/c1-25-16-8-14(9-17(10-16)26-2)11-20-22-13-18(23)21(12-19(22)24)15-6-4-3-5-7-15/h3-11H,12-13H2,1-2H3/b20-11+. The maximum atomic E-state index is 12.4. The normalized spacial score (nSPS) is 14.8. The molecule has 0 aliphatic carbocycles. The van der Waals surface area contributed by atoms with Crippen molar-refractivity contribution in [2.75, 3.05) is 32.2 Å². The summed E-state index contributed by atoms with van der Waals surface area (Å²) in [7, 11) is 3.11. The lowest BCUT2D eigenvalue weighted by molar-refractivity contribution is -0.138. The fraction of sp³-hybridized carbons (Fsp3) is 0.211. The van der Waals surface area contributed by atoms with Crippen molar-refractivity contribution in [1.29, 1.82) is 0 Å². The van der Waals surface area contributed by atoms with Gasteiger partial charge >= 0.3 is 0 Å². The fourth-order valence-corrected chi connectivity index (χ4v) is 2.60. The van der Waals surface area contributed by atoms with Gasteiger partial charge in [0.1, 0.15) is 24.6 Å². The number of ether oxygens (including phenoxy) is 2. The van der Waals surface area contributed by atoms with E-state index in [4.69, 9.17) is 9.47 Å². The van der Waals surface area contributed by atoms with E-state index in [1.165, 1.54) is 16.1 Å². The van der Waals surface area contributed by atoms with Crippen molar-refractivity contribution in [3.63, 3.8) is 0 Å². The Morgan fingerprint density at radius 2 is 1.58 bits per heavy atom. The lowest BCUT2D eigenvalue weighted by Crippen LogP contribution is -2.52. The number of nitrogens with zero attached hydrogens (tertiary/aromatic N) is 3. The van der Waals surface area contributed by atoms with Crippen LogP contribution < -0.4 is 14.4 Å². The number of hydrogen-bond acceptors (Lipinski definition) is 5. The van der Waals surface area contributed by atoms with Crippen molar-refractivity contribution >= 4 is 23.7 Å². The molecule has 1 fully saturated rings. The monoisotopic (exact) mass is 353 g/mol. The molecule has 7 nitrogen and oxygen atoms in total.